The number of carbonyl (C=O) groups excluding carboxylic acids is 5. The van der Waals surface area contributed by atoms with E-state index in [1.165, 1.54) is 86.0 Å². The molecule has 4 aliphatic rings. The molecule has 29 heteroatoms. The number of aliphatic hydroxyl groups is 9. The Balaban J connectivity index is 1.39. The molecule has 0 radical (unpaired) electrons. The van der Waals surface area contributed by atoms with Gasteiger partial charge in [0, 0.05) is 26.0 Å². The summed E-state index contributed by atoms with van der Waals surface area (Å²) in [5.41, 5.74) is 0.528. The van der Waals surface area contributed by atoms with Crippen molar-refractivity contribution >= 4 is 42.0 Å². The van der Waals surface area contributed by atoms with E-state index in [0.29, 0.717) is 11.1 Å². The second-order valence-corrected chi connectivity index (χ2v) is 19.2. The SMILES string of the molecule is COc1cc(/C=C/C(=O)OC[C@@]2(O[C@@H]3O[C@H](COC(C)=O)[C@@H](OC(=O)/C=C/c4ccc(O)cc4)[C@H](O[C@@H]4O[C@H](COC(C)=O)[C@@H](O)[C@H](O)[C@H]4O)[C@H]3O[C@@H]3O[C@H](CO)[C@@H](O)[C@H](O)[C@H]3O)O[C@H](CO)[C@@H](O)[C@@H]2OC(=O)c2ccccc2)ccc1O. The van der Waals surface area contributed by atoms with E-state index in [2.05, 4.69) is 0 Å². The average molecular weight is 1180 g/mol. The number of phenols is 2. The summed E-state index contributed by atoms with van der Waals surface area (Å²) in [6, 6.07) is 16.6. The topological polar surface area (TPSA) is 428 Å². The molecule has 454 valence electrons. The summed E-state index contributed by atoms with van der Waals surface area (Å²) >= 11 is 0. The number of aromatic hydroxyl groups is 2. The van der Waals surface area contributed by atoms with Gasteiger partial charge in [-0.25, -0.2) is 14.4 Å². The number of phenolic OH excluding ortho intramolecular Hbond substituents is 2. The zero-order valence-corrected chi connectivity index (χ0v) is 44.4. The molecule has 83 heavy (non-hydrogen) atoms. The monoisotopic (exact) mass is 1180 g/mol. The minimum absolute atomic E-state index is 0.0317. The number of methoxy groups -OCH3 is 1. The van der Waals surface area contributed by atoms with Crippen LogP contribution in [-0.2, 0) is 76.0 Å². The number of esters is 5. The van der Waals surface area contributed by atoms with Crippen molar-refractivity contribution in [3.63, 3.8) is 0 Å². The molecule has 4 heterocycles. The molecule has 29 nitrogen and oxygen atoms in total. The van der Waals surface area contributed by atoms with Crippen molar-refractivity contribution in [1.29, 1.82) is 0 Å². The number of hydrogen-bond donors (Lipinski definition) is 11. The lowest BCUT2D eigenvalue weighted by Crippen LogP contribution is -2.69. The minimum Gasteiger partial charge on any atom is -0.508 e. The molecular weight excluding hydrogens is 1110 g/mol. The van der Waals surface area contributed by atoms with Crippen LogP contribution in [0.5, 0.6) is 17.2 Å². The average Bonchev–Trinajstić information content (AvgIpc) is 4.00. The normalized spacial score (nSPS) is 33.5. The van der Waals surface area contributed by atoms with Crippen LogP contribution < -0.4 is 4.74 Å². The van der Waals surface area contributed by atoms with Crippen LogP contribution in [0, 0.1) is 0 Å². The molecule has 0 amide bonds. The van der Waals surface area contributed by atoms with E-state index in [4.69, 9.17) is 61.6 Å². The van der Waals surface area contributed by atoms with E-state index in [-0.39, 0.29) is 22.8 Å². The van der Waals surface area contributed by atoms with E-state index < -0.39 is 179 Å². The van der Waals surface area contributed by atoms with Gasteiger partial charge in [-0.2, -0.15) is 0 Å². The maximum absolute atomic E-state index is 14.1. The van der Waals surface area contributed by atoms with Crippen molar-refractivity contribution in [2.24, 2.45) is 0 Å². The first-order chi connectivity index (χ1) is 39.6. The molecule has 0 spiro atoms. The Morgan fingerprint density at radius 2 is 1.12 bits per heavy atom. The van der Waals surface area contributed by atoms with Gasteiger partial charge in [0.15, 0.2) is 42.6 Å². The Morgan fingerprint density at radius 3 is 1.73 bits per heavy atom. The Morgan fingerprint density at radius 1 is 0.566 bits per heavy atom. The van der Waals surface area contributed by atoms with E-state index in [1.54, 1.807) is 6.07 Å². The fourth-order valence-electron chi connectivity index (χ4n) is 9.06. The number of rotatable bonds is 22. The highest BCUT2D eigenvalue weighted by Gasteiger charge is 2.64. The number of benzene rings is 3. The van der Waals surface area contributed by atoms with Gasteiger partial charge in [-0.1, -0.05) is 36.4 Å². The van der Waals surface area contributed by atoms with Crippen LogP contribution in [-0.4, -0.2) is 242 Å². The summed E-state index contributed by atoms with van der Waals surface area (Å²) in [5.74, 6) is -8.69. The predicted molar refractivity (Wildman–Crippen MR) is 271 cm³/mol. The van der Waals surface area contributed by atoms with E-state index in [9.17, 15) is 80.1 Å². The fourth-order valence-corrected chi connectivity index (χ4v) is 9.06. The van der Waals surface area contributed by atoms with Crippen LogP contribution in [0.4, 0.5) is 0 Å². The van der Waals surface area contributed by atoms with Gasteiger partial charge in [-0.05, 0) is 59.7 Å². The second kappa shape index (κ2) is 28.7. The first-order valence-corrected chi connectivity index (χ1v) is 25.6. The third kappa shape index (κ3) is 15.7. The number of aliphatic hydroxyl groups excluding tert-OH is 9. The van der Waals surface area contributed by atoms with Crippen LogP contribution in [0.1, 0.15) is 35.3 Å². The maximum atomic E-state index is 14.1. The van der Waals surface area contributed by atoms with Gasteiger partial charge in [0.1, 0.15) is 105 Å². The molecule has 19 atom stereocenters. The molecule has 3 aromatic carbocycles. The zero-order chi connectivity index (χ0) is 60.3. The minimum atomic E-state index is -2.94. The van der Waals surface area contributed by atoms with Crippen LogP contribution in [0.2, 0.25) is 0 Å². The second-order valence-electron chi connectivity index (χ2n) is 19.2. The smallest absolute Gasteiger partial charge is 0.338 e. The number of hydrogen-bond acceptors (Lipinski definition) is 29. The van der Waals surface area contributed by atoms with Crippen molar-refractivity contribution in [3.8, 4) is 17.2 Å². The third-order valence-electron chi connectivity index (χ3n) is 13.4. The van der Waals surface area contributed by atoms with Gasteiger partial charge in [-0.3, -0.25) is 9.59 Å². The molecule has 4 saturated heterocycles. The highest BCUT2D eigenvalue weighted by atomic mass is 16.8. The summed E-state index contributed by atoms with van der Waals surface area (Å²) < 4.78 is 76.5. The summed E-state index contributed by atoms with van der Waals surface area (Å²) in [4.78, 5) is 66.3. The van der Waals surface area contributed by atoms with Crippen molar-refractivity contribution in [2.45, 2.75) is 130 Å². The van der Waals surface area contributed by atoms with E-state index in [0.717, 1.165) is 26.0 Å². The molecular formula is C54H64O29. The first kappa shape index (κ1) is 63.8. The molecule has 7 rings (SSSR count). The zero-order valence-electron chi connectivity index (χ0n) is 44.4. The lowest BCUT2D eigenvalue weighted by molar-refractivity contribution is -0.421. The van der Waals surface area contributed by atoms with Gasteiger partial charge in [0.05, 0.1) is 25.9 Å². The molecule has 0 unspecified atom stereocenters. The van der Waals surface area contributed by atoms with Crippen LogP contribution in [0.25, 0.3) is 12.2 Å². The highest BCUT2D eigenvalue weighted by molar-refractivity contribution is 5.90. The maximum Gasteiger partial charge on any atom is 0.338 e. The van der Waals surface area contributed by atoms with E-state index >= 15 is 0 Å². The van der Waals surface area contributed by atoms with E-state index in [1.807, 2.05) is 0 Å². The van der Waals surface area contributed by atoms with Gasteiger partial charge in [0.2, 0.25) is 5.79 Å². The molecule has 4 fully saturated rings. The van der Waals surface area contributed by atoms with Crippen molar-refractivity contribution in [3.05, 3.63) is 102 Å². The molecule has 11 N–H and O–H groups in total. The Bertz CT molecular complexity index is 2720. The predicted octanol–water partition coefficient (Wildman–Crippen LogP) is -2.79. The van der Waals surface area contributed by atoms with Gasteiger partial charge < -0.3 is 118 Å². The van der Waals surface area contributed by atoms with Crippen LogP contribution in [0.15, 0.2) is 84.9 Å². The molecule has 0 bridgehead atoms. The Kier molecular flexibility index (Phi) is 22.1. The quantitative estimate of drug-likeness (QED) is 0.0275. The molecule has 3 aromatic rings. The first-order valence-electron chi connectivity index (χ1n) is 25.6. The number of carbonyl (C=O) groups is 5. The molecule has 0 saturated carbocycles. The summed E-state index contributed by atoms with van der Waals surface area (Å²) in [5, 5.41) is 120. The Hall–Kier alpha value is -6.75. The number of ether oxygens (including phenoxy) is 13. The van der Waals surface area contributed by atoms with Crippen LogP contribution in [0.3, 0.4) is 0 Å². The summed E-state index contributed by atoms with van der Waals surface area (Å²) in [6.45, 7) is -3.04. The summed E-state index contributed by atoms with van der Waals surface area (Å²) in [7, 11) is 1.28. The standard InChI is InChI=1S/C54H64O29/c1-25(57)72-22-35-40(64)43(67)45(69)52(76-35)79-47-46(78-38(62)18-12-27-9-14-30(59)15-10-27)36(23-73-26(2)58)77-53(48(47)80-51-44(68)42(66)39(63)33(20-55)75-51)83-54(24-74-37(61)17-13-28-11-16-31(60)32(19-28)71-3)49(41(65)34(21-56)82-54)81-50(70)29-7-5-4-6-8-29/h4-19,33-36,39-49,51-53,55-56,59-60,63-69H,20-24H2,1-3H3/b17-13+,18-12+/t33-,34-,35-,36-,39-,40-,41-,42+,43+,44-,45-,46-,47+,48-,49+,51+,52+,53+,54+/m1/s1. The summed E-state index contributed by atoms with van der Waals surface area (Å²) in [6.07, 6.45) is -33.7. The van der Waals surface area contributed by atoms with Gasteiger partial charge in [0.25, 0.3) is 0 Å². The molecule has 0 aliphatic carbocycles. The van der Waals surface area contributed by atoms with Crippen molar-refractivity contribution in [2.75, 3.05) is 40.1 Å². The largest absolute Gasteiger partial charge is 0.508 e. The molecule has 4 aliphatic heterocycles. The third-order valence-corrected chi connectivity index (χ3v) is 13.4. The van der Waals surface area contributed by atoms with Crippen molar-refractivity contribution < 1.29 is 142 Å². The van der Waals surface area contributed by atoms with Gasteiger partial charge >= 0.3 is 29.8 Å². The van der Waals surface area contributed by atoms with Crippen molar-refractivity contribution in [1.82, 2.24) is 0 Å². The lowest BCUT2D eigenvalue weighted by Gasteiger charge is -2.50. The van der Waals surface area contributed by atoms with Gasteiger partial charge in [-0.15, -0.1) is 0 Å². The van der Waals surface area contributed by atoms with Crippen LogP contribution >= 0.6 is 0 Å². The molecule has 0 aromatic heterocycles. The Labute approximate surface area is 471 Å². The fraction of sp³-hybridized carbons (Fsp3) is 0.500. The lowest BCUT2D eigenvalue weighted by atomic mass is 9.95. The highest BCUT2D eigenvalue weighted by Crippen LogP contribution is 2.42.